The van der Waals surface area contributed by atoms with Gasteiger partial charge in [0.05, 0.1) is 19.4 Å². The van der Waals surface area contributed by atoms with Crippen LogP contribution >= 0.6 is 0 Å². The monoisotopic (exact) mass is 474 g/mol. The fraction of sp³-hybridized carbons (Fsp3) is 0.296. The maximum Gasteiger partial charge on any atom is 0.253 e. The number of nitrogens with one attached hydrogen (secondary N) is 3. The molecular formula is C27H30N4O4. The molecular weight excluding hydrogens is 444 g/mol. The molecule has 8 nitrogen and oxygen atoms in total. The largest absolute Gasteiger partial charge is 0.467 e. The van der Waals surface area contributed by atoms with Gasteiger partial charge < -0.3 is 25.3 Å². The zero-order valence-electron chi connectivity index (χ0n) is 19.8. The molecule has 0 spiro atoms. The Morgan fingerprint density at radius 2 is 1.71 bits per heavy atom. The van der Waals surface area contributed by atoms with Crippen LogP contribution in [0.3, 0.4) is 0 Å². The van der Waals surface area contributed by atoms with Crippen LogP contribution in [-0.4, -0.2) is 42.3 Å². The van der Waals surface area contributed by atoms with Gasteiger partial charge in [0.15, 0.2) is 0 Å². The third-order valence-corrected chi connectivity index (χ3v) is 6.07. The molecule has 182 valence electrons. The van der Waals surface area contributed by atoms with E-state index in [0.29, 0.717) is 40.7 Å². The highest BCUT2D eigenvalue weighted by Crippen LogP contribution is 2.20. The first-order valence-corrected chi connectivity index (χ1v) is 11.8. The summed E-state index contributed by atoms with van der Waals surface area (Å²) in [6.45, 7) is 4.11. The van der Waals surface area contributed by atoms with Crippen molar-refractivity contribution in [3.8, 4) is 0 Å². The number of benzene rings is 2. The summed E-state index contributed by atoms with van der Waals surface area (Å²) in [5.74, 6) is 0.886. The number of hydrogen-bond donors (Lipinski definition) is 3. The summed E-state index contributed by atoms with van der Waals surface area (Å²) in [7, 11) is 0. The first-order chi connectivity index (χ1) is 17.0. The van der Waals surface area contributed by atoms with Gasteiger partial charge in [-0.05, 0) is 73.4 Å². The summed E-state index contributed by atoms with van der Waals surface area (Å²) in [5.41, 5.74) is 2.38. The number of nitrogens with zero attached hydrogens (tertiary/aromatic N) is 1. The van der Waals surface area contributed by atoms with E-state index in [-0.39, 0.29) is 24.3 Å². The molecule has 35 heavy (non-hydrogen) atoms. The van der Waals surface area contributed by atoms with Crippen molar-refractivity contribution in [2.24, 2.45) is 5.92 Å². The minimum Gasteiger partial charge on any atom is -0.467 e. The smallest absolute Gasteiger partial charge is 0.253 e. The topological polar surface area (TPSA) is 104 Å². The van der Waals surface area contributed by atoms with Gasteiger partial charge in [0.25, 0.3) is 11.8 Å². The van der Waals surface area contributed by atoms with E-state index in [2.05, 4.69) is 22.9 Å². The molecule has 3 amide bonds. The van der Waals surface area contributed by atoms with Crippen LogP contribution in [0.4, 0.5) is 11.4 Å². The number of furan rings is 1. The fourth-order valence-electron chi connectivity index (χ4n) is 3.93. The molecule has 0 aliphatic carbocycles. The van der Waals surface area contributed by atoms with E-state index in [0.717, 1.165) is 25.9 Å². The average Bonchev–Trinajstić information content (AvgIpc) is 3.40. The number of likely N-dealkylation sites (tertiary alicyclic amines) is 1. The van der Waals surface area contributed by atoms with Crippen molar-refractivity contribution in [1.29, 1.82) is 0 Å². The summed E-state index contributed by atoms with van der Waals surface area (Å²) in [6.07, 6.45) is 3.60. The highest BCUT2D eigenvalue weighted by molar-refractivity contribution is 5.98. The van der Waals surface area contributed by atoms with Crippen molar-refractivity contribution in [2.75, 3.05) is 30.3 Å². The normalized spacial score (nSPS) is 13.8. The molecule has 0 radical (unpaired) electrons. The molecule has 3 N–H and O–H groups in total. The molecule has 0 atom stereocenters. The van der Waals surface area contributed by atoms with Gasteiger partial charge in [0.1, 0.15) is 5.76 Å². The van der Waals surface area contributed by atoms with Crippen molar-refractivity contribution >= 4 is 29.1 Å². The lowest BCUT2D eigenvalue weighted by Crippen LogP contribution is -2.37. The Hall–Kier alpha value is -4.07. The molecule has 4 rings (SSSR count). The molecule has 0 saturated carbocycles. The van der Waals surface area contributed by atoms with Crippen molar-refractivity contribution < 1.29 is 18.8 Å². The summed E-state index contributed by atoms with van der Waals surface area (Å²) in [5, 5.41) is 8.67. The second-order valence-corrected chi connectivity index (χ2v) is 8.80. The van der Waals surface area contributed by atoms with Gasteiger partial charge in [0.2, 0.25) is 5.91 Å². The molecule has 1 aromatic heterocycles. The van der Waals surface area contributed by atoms with Crippen LogP contribution in [0.5, 0.6) is 0 Å². The number of carbonyl (C=O) groups is 3. The SMILES string of the molecule is CC1CCN(C(=O)c2cccc(NC(=O)CNc3ccc(C(=O)NCc4ccco4)cc3)c2)CC1. The van der Waals surface area contributed by atoms with Gasteiger partial charge in [-0.3, -0.25) is 14.4 Å². The maximum absolute atomic E-state index is 12.8. The van der Waals surface area contributed by atoms with E-state index in [1.54, 1.807) is 66.9 Å². The highest BCUT2D eigenvalue weighted by atomic mass is 16.3. The number of rotatable bonds is 8. The van der Waals surface area contributed by atoms with Crippen molar-refractivity contribution in [2.45, 2.75) is 26.3 Å². The number of amides is 3. The number of carbonyl (C=O) groups excluding carboxylic acids is 3. The Kier molecular flexibility index (Phi) is 7.82. The van der Waals surface area contributed by atoms with Gasteiger partial charge in [0, 0.05) is 35.6 Å². The Morgan fingerprint density at radius 1 is 0.943 bits per heavy atom. The molecule has 0 unspecified atom stereocenters. The van der Waals surface area contributed by atoms with E-state index in [1.807, 2.05) is 4.90 Å². The van der Waals surface area contributed by atoms with Crippen LogP contribution < -0.4 is 16.0 Å². The Labute approximate surface area is 204 Å². The third kappa shape index (κ3) is 6.72. The average molecular weight is 475 g/mol. The van der Waals surface area contributed by atoms with E-state index in [1.165, 1.54) is 0 Å². The minimum absolute atomic E-state index is 0.000546. The van der Waals surface area contributed by atoms with Crippen LogP contribution in [0, 0.1) is 5.92 Å². The van der Waals surface area contributed by atoms with Gasteiger partial charge in [-0.25, -0.2) is 0 Å². The van der Waals surface area contributed by atoms with Crippen LogP contribution in [0.25, 0.3) is 0 Å². The lowest BCUT2D eigenvalue weighted by Gasteiger charge is -2.30. The fourth-order valence-corrected chi connectivity index (χ4v) is 3.93. The van der Waals surface area contributed by atoms with Crippen molar-refractivity contribution in [1.82, 2.24) is 10.2 Å². The number of piperidine rings is 1. The maximum atomic E-state index is 12.8. The number of anilines is 2. The first-order valence-electron chi connectivity index (χ1n) is 11.8. The Morgan fingerprint density at radius 3 is 2.43 bits per heavy atom. The Balaban J connectivity index is 1.25. The summed E-state index contributed by atoms with van der Waals surface area (Å²) >= 11 is 0. The van der Waals surface area contributed by atoms with Crippen LogP contribution in [0.2, 0.25) is 0 Å². The lowest BCUT2D eigenvalue weighted by atomic mass is 9.98. The predicted molar refractivity (Wildman–Crippen MR) is 134 cm³/mol. The molecule has 8 heteroatoms. The quantitative estimate of drug-likeness (QED) is 0.455. The summed E-state index contributed by atoms with van der Waals surface area (Å²) in [6, 6.07) is 17.5. The van der Waals surface area contributed by atoms with Crippen LogP contribution in [0.15, 0.2) is 71.3 Å². The first kappa shape index (κ1) is 24.1. The van der Waals surface area contributed by atoms with Gasteiger partial charge in [-0.1, -0.05) is 13.0 Å². The zero-order chi connectivity index (χ0) is 24.6. The van der Waals surface area contributed by atoms with E-state index in [4.69, 9.17) is 4.42 Å². The van der Waals surface area contributed by atoms with Gasteiger partial charge >= 0.3 is 0 Å². The minimum atomic E-state index is -0.235. The van der Waals surface area contributed by atoms with Crippen LogP contribution in [0.1, 0.15) is 46.2 Å². The molecule has 0 bridgehead atoms. The predicted octanol–water partition coefficient (Wildman–Crippen LogP) is 4.13. The second-order valence-electron chi connectivity index (χ2n) is 8.80. The molecule has 2 heterocycles. The molecule has 1 aliphatic heterocycles. The van der Waals surface area contributed by atoms with E-state index < -0.39 is 0 Å². The van der Waals surface area contributed by atoms with E-state index in [9.17, 15) is 14.4 Å². The summed E-state index contributed by atoms with van der Waals surface area (Å²) in [4.78, 5) is 39.4. The summed E-state index contributed by atoms with van der Waals surface area (Å²) < 4.78 is 5.20. The van der Waals surface area contributed by atoms with Gasteiger partial charge in [-0.2, -0.15) is 0 Å². The highest BCUT2D eigenvalue weighted by Gasteiger charge is 2.21. The zero-order valence-corrected chi connectivity index (χ0v) is 19.8. The van der Waals surface area contributed by atoms with Crippen molar-refractivity contribution in [3.63, 3.8) is 0 Å². The second kappa shape index (κ2) is 11.4. The van der Waals surface area contributed by atoms with Crippen LogP contribution in [-0.2, 0) is 11.3 Å². The van der Waals surface area contributed by atoms with Gasteiger partial charge in [-0.15, -0.1) is 0 Å². The molecule has 3 aromatic rings. The van der Waals surface area contributed by atoms with E-state index >= 15 is 0 Å². The third-order valence-electron chi connectivity index (χ3n) is 6.07. The Bertz CT molecular complexity index is 1150. The molecule has 1 saturated heterocycles. The standard InChI is InChI=1S/C27H30N4O4/c1-19-11-13-31(14-12-19)27(34)21-4-2-5-23(16-21)30-25(32)18-28-22-9-7-20(8-10-22)26(33)29-17-24-6-3-15-35-24/h2-10,15-16,19,28H,11-14,17-18H2,1H3,(H,29,33)(H,30,32). The van der Waals surface area contributed by atoms with Crippen molar-refractivity contribution in [3.05, 3.63) is 83.8 Å². The number of hydrogen-bond acceptors (Lipinski definition) is 5. The lowest BCUT2D eigenvalue weighted by molar-refractivity contribution is -0.114. The molecule has 1 fully saturated rings. The molecule has 1 aliphatic rings. The molecule has 2 aromatic carbocycles.